The lowest BCUT2D eigenvalue weighted by Gasteiger charge is -2.29. The maximum absolute atomic E-state index is 14.0. The van der Waals surface area contributed by atoms with Crippen molar-refractivity contribution >= 4 is 27.8 Å². The Morgan fingerprint density at radius 3 is 2.82 bits per heavy atom. The fourth-order valence-electron chi connectivity index (χ4n) is 3.38. The number of ether oxygens (including phenoxy) is 1. The van der Waals surface area contributed by atoms with Crippen LogP contribution in [0.2, 0.25) is 0 Å². The molecule has 0 unspecified atom stereocenters. The van der Waals surface area contributed by atoms with Crippen LogP contribution < -0.4 is 5.56 Å². The highest BCUT2D eigenvalue weighted by Crippen LogP contribution is 2.37. The summed E-state index contributed by atoms with van der Waals surface area (Å²) < 4.78 is 21.2. The van der Waals surface area contributed by atoms with Crippen LogP contribution in [0.15, 0.2) is 34.2 Å². The molecule has 0 atom stereocenters. The third kappa shape index (κ3) is 3.29. The van der Waals surface area contributed by atoms with Crippen LogP contribution in [0.4, 0.5) is 4.39 Å². The molecule has 0 N–H and O–H groups in total. The number of hydrogen-bond acceptors (Lipinski definition) is 5. The topological polar surface area (TPSA) is 56.5 Å². The van der Waals surface area contributed by atoms with E-state index >= 15 is 0 Å². The van der Waals surface area contributed by atoms with Crippen LogP contribution in [0.3, 0.4) is 0 Å². The number of halogens is 1. The third-order valence-electron chi connectivity index (χ3n) is 4.84. The Labute approximate surface area is 166 Å². The first kappa shape index (κ1) is 19.0. The molecule has 0 radical (unpaired) electrons. The Hall–Kier alpha value is -2.38. The lowest BCUT2D eigenvalue weighted by atomic mass is 9.94. The highest BCUT2D eigenvalue weighted by atomic mass is 32.1. The molecule has 0 aliphatic carbocycles. The molecule has 146 valence electrons. The van der Waals surface area contributed by atoms with Crippen LogP contribution in [0.25, 0.3) is 10.2 Å². The van der Waals surface area contributed by atoms with Gasteiger partial charge in [-0.1, -0.05) is 32.0 Å². The number of benzene rings is 1. The van der Waals surface area contributed by atoms with Gasteiger partial charge in [0.05, 0.1) is 23.8 Å². The fraction of sp³-hybridized carbons (Fsp3) is 0.381. The molecule has 4 rings (SSSR count). The van der Waals surface area contributed by atoms with Gasteiger partial charge in [0, 0.05) is 22.8 Å². The van der Waals surface area contributed by atoms with Crippen molar-refractivity contribution in [3.05, 3.63) is 62.3 Å². The summed E-state index contributed by atoms with van der Waals surface area (Å²) in [7, 11) is 0. The van der Waals surface area contributed by atoms with Crippen molar-refractivity contribution in [2.45, 2.75) is 52.2 Å². The molecule has 28 heavy (non-hydrogen) atoms. The first-order valence-electron chi connectivity index (χ1n) is 9.27. The Kier molecular flexibility index (Phi) is 4.67. The molecule has 2 aromatic heterocycles. The molecule has 0 bridgehead atoms. The summed E-state index contributed by atoms with van der Waals surface area (Å²) >= 11 is 1.51. The zero-order valence-corrected chi connectivity index (χ0v) is 17.1. The van der Waals surface area contributed by atoms with Crippen molar-refractivity contribution < 1.29 is 9.13 Å². The Morgan fingerprint density at radius 1 is 1.36 bits per heavy atom. The molecule has 3 heterocycles. The average Bonchev–Trinajstić information content (AvgIpc) is 2.98. The summed E-state index contributed by atoms with van der Waals surface area (Å²) in [6, 6.07) is 6.34. The van der Waals surface area contributed by atoms with E-state index in [1.807, 2.05) is 27.7 Å². The minimum atomic E-state index is -0.383. The van der Waals surface area contributed by atoms with Gasteiger partial charge >= 0.3 is 0 Å². The molecular weight excluding hydrogens is 377 g/mol. The summed E-state index contributed by atoms with van der Waals surface area (Å²) in [5.41, 5.74) is 0.785. The summed E-state index contributed by atoms with van der Waals surface area (Å²) in [4.78, 5) is 19.9. The summed E-state index contributed by atoms with van der Waals surface area (Å²) in [6.07, 6.45) is 2.03. The second kappa shape index (κ2) is 6.90. The first-order chi connectivity index (χ1) is 13.3. The Morgan fingerprint density at radius 2 is 2.11 bits per heavy atom. The van der Waals surface area contributed by atoms with Crippen LogP contribution in [-0.2, 0) is 17.8 Å². The molecule has 5 nitrogen and oxygen atoms in total. The molecule has 0 saturated heterocycles. The van der Waals surface area contributed by atoms with Crippen LogP contribution >= 0.6 is 11.3 Å². The lowest BCUT2D eigenvalue weighted by molar-refractivity contribution is -0.0379. The Balaban J connectivity index is 1.92. The number of thiophene rings is 1. The standard InChI is InChI=1S/C21H22FN3O2S/c1-12(2)18-24-19-17(14-9-21(3,4)27-11-16(14)28-19)20(26)25(18)23-10-13-7-5-6-8-15(13)22/h5-8,10,12H,9,11H2,1-4H3/b23-10+. The largest absolute Gasteiger partial charge is 0.370 e. The van der Waals surface area contributed by atoms with E-state index in [1.54, 1.807) is 18.2 Å². The second-order valence-electron chi connectivity index (χ2n) is 7.92. The molecule has 0 amide bonds. The highest BCUT2D eigenvalue weighted by Gasteiger charge is 2.31. The Bertz CT molecular complexity index is 1140. The molecule has 0 saturated carbocycles. The summed E-state index contributed by atoms with van der Waals surface area (Å²) in [6.45, 7) is 8.44. The predicted octanol–water partition coefficient (Wildman–Crippen LogP) is 4.45. The number of nitrogens with zero attached hydrogens (tertiary/aromatic N) is 3. The minimum Gasteiger partial charge on any atom is -0.370 e. The molecule has 1 aliphatic rings. The molecular formula is C21H22FN3O2S. The van der Waals surface area contributed by atoms with E-state index in [0.717, 1.165) is 15.3 Å². The van der Waals surface area contributed by atoms with Gasteiger partial charge in [-0.2, -0.15) is 9.78 Å². The van der Waals surface area contributed by atoms with E-state index in [-0.39, 0.29) is 22.9 Å². The molecule has 0 fully saturated rings. The lowest BCUT2D eigenvalue weighted by Crippen LogP contribution is -2.32. The molecule has 1 aromatic carbocycles. The minimum absolute atomic E-state index is 0.0123. The van der Waals surface area contributed by atoms with Gasteiger partial charge in [0.1, 0.15) is 16.5 Å². The molecule has 7 heteroatoms. The predicted molar refractivity (Wildman–Crippen MR) is 110 cm³/mol. The second-order valence-corrected chi connectivity index (χ2v) is 9.00. The maximum Gasteiger partial charge on any atom is 0.283 e. The van der Waals surface area contributed by atoms with E-state index in [2.05, 4.69) is 5.10 Å². The van der Waals surface area contributed by atoms with Gasteiger partial charge in [0.15, 0.2) is 0 Å². The fourth-order valence-corrected chi connectivity index (χ4v) is 4.49. The molecule has 1 aliphatic heterocycles. The van der Waals surface area contributed by atoms with Crippen molar-refractivity contribution in [3.63, 3.8) is 0 Å². The van der Waals surface area contributed by atoms with E-state index in [4.69, 9.17) is 9.72 Å². The zero-order chi connectivity index (χ0) is 20.1. The monoisotopic (exact) mass is 399 g/mol. The molecule has 0 spiro atoms. The van der Waals surface area contributed by atoms with Crippen molar-refractivity contribution in [2.75, 3.05) is 0 Å². The number of fused-ring (bicyclic) bond motifs is 3. The van der Waals surface area contributed by atoms with Crippen LogP contribution in [0.5, 0.6) is 0 Å². The van der Waals surface area contributed by atoms with E-state index < -0.39 is 0 Å². The number of aromatic nitrogens is 2. The van der Waals surface area contributed by atoms with Gasteiger partial charge in [-0.3, -0.25) is 4.79 Å². The van der Waals surface area contributed by atoms with Gasteiger partial charge in [-0.05, 0) is 25.5 Å². The van der Waals surface area contributed by atoms with Crippen molar-refractivity contribution in [3.8, 4) is 0 Å². The number of hydrogen-bond donors (Lipinski definition) is 0. The molecule has 3 aromatic rings. The van der Waals surface area contributed by atoms with Crippen molar-refractivity contribution in [1.82, 2.24) is 9.66 Å². The van der Waals surface area contributed by atoms with Gasteiger partial charge in [0.25, 0.3) is 5.56 Å². The zero-order valence-electron chi connectivity index (χ0n) is 16.3. The first-order valence-corrected chi connectivity index (χ1v) is 10.1. The van der Waals surface area contributed by atoms with Crippen LogP contribution in [-0.4, -0.2) is 21.5 Å². The van der Waals surface area contributed by atoms with Gasteiger partial charge in [-0.25, -0.2) is 9.37 Å². The van der Waals surface area contributed by atoms with Crippen LogP contribution in [0, 0.1) is 5.82 Å². The van der Waals surface area contributed by atoms with Gasteiger partial charge < -0.3 is 4.74 Å². The third-order valence-corrected chi connectivity index (χ3v) is 5.94. The van der Waals surface area contributed by atoms with E-state index in [0.29, 0.717) is 29.8 Å². The van der Waals surface area contributed by atoms with E-state index in [1.165, 1.54) is 28.3 Å². The average molecular weight is 399 g/mol. The quantitative estimate of drug-likeness (QED) is 0.611. The van der Waals surface area contributed by atoms with Gasteiger partial charge in [-0.15, -0.1) is 11.3 Å². The normalized spacial score (nSPS) is 16.2. The van der Waals surface area contributed by atoms with Gasteiger partial charge in [0.2, 0.25) is 0 Å². The smallest absolute Gasteiger partial charge is 0.283 e. The summed E-state index contributed by atoms with van der Waals surface area (Å²) in [5, 5.41) is 4.93. The van der Waals surface area contributed by atoms with E-state index in [9.17, 15) is 9.18 Å². The van der Waals surface area contributed by atoms with Crippen LogP contribution in [0.1, 0.15) is 55.4 Å². The van der Waals surface area contributed by atoms with Crippen molar-refractivity contribution in [1.29, 1.82) is 0 Å². The SMILES string of the molecule is CC(C)c1nc2sc3c(c2c(=O)n1/N=C/c1ccccc1F)CC(C)(C)OC3. The summed E-state index contributed by atoms with van der Waals surface area (Å²) in [5.74, 6) is 0.164. The number of rotatable bonds is 3. The van der Waals surface area contributed by atoms with Crippen molar-refractivity contribution in [2.24, 2.45) is 5.10 Å². The maximum atomic E-state index is 14.0. The highest BCUT2D eigenvalue weighted by molar-refractivity contribution is 7.18.